The lowest BCUT2D eigenvalue weighted by molar-refractivity contribution is -0.870. The lowest BCUT2D eigenvalue weighted by atomic mass is 9.56. The summed E-state index contributed by atoms with van der Waals surface area (Å²) in [4.78, 5) is 0. The van der Waals surface area contributed by atoms with Crippen LogP contribution in [0.1, 0.15) is 35.6 Å². The number of benzene rings is 4. The molecule has 5 nitrogen and oxygen atoms in total. The number of likely N-dealkylation sites (N-methyl/N-ethyl adjacent to an activating group) is 1. The Kier molecular flexibility index (Phi) is 10.6. The fourth-order valence-corrected chi connectivity index (χ4v) is 5.36. The van der Waals surface area contributed by atoms with Gasteiger partial charge in [-0.05, 0) is 28.7 Å². The van der Waals surface area contributed by atoms with E-state index in [1.54, 1.807) is 0 Å². The third-order valence-corrected chi connectivity index (χ3v) is 7.07. The van der Waals surface area contributed by atoms with Crippen LogP contribution in [0.3, 0.4) is 0 Å². The molecule has 0 aliphatic carbocycles. The van der Waals surface area contributed by atoms with Gasteiger partial charge in [0.25, 0.3) is 0 Å². The summed E-state index contributed by atoms with van der Waals surface area (Å²) >= 11 is 0. The Morgan fingerprint density at radius 2 is 0.974 bits per heavy atom. The van der Waals surface area contributed by atoms with E-state index in [1.165, 1.54) is 0 Å². The summed E-state index contributed by atoms with van der Waals surface area (Å²) in [5, 5.41) is 33.1. The Labute approximate surface area is 233 Å². The van der Waals surface area contributed by atoms with Crippen molar-refractivity contribution in [1.82, 2.24) is 0 Å². The molecule has 0 unspecified atom stereocenters. The van der Waals surface area contributed by atoms with Gasteiger partial charge < -0.3 is 24.3 Å². The van der Waals surface area contributed by atoms with Crippen LogP contribution in [-0.4, -0.2) is 51.2 Å². The van der Waals surface area contributed by atoms with E-state index in [1.807, 2.05) is 121 Å². The lowest BCUT2D eigenvalue weighted by Gasteiger charge is -2.56. The van der Waals surface area contributed by atoms with Crippen molar-refractivity contribution in [2.45, 2.75) is 24.4 Å². The molecular weight excluding hydrogens is 485 g/mol. The molecule has 4 rings (SSSR count). The number of hydrogen-bond acceptors (Lipinski definition) is 4. The predicted octanol–water partition coefficient (Wildman–Crippen LogP) is 3.73. The van der Waals surface area contributed by atoms with Gasteiger partial charge in [0.1, 0.15) is 12.1 Å². The highest BCUT2D eigenvalue weighted by atomic mass is 16.6. The van der Waals surface area contributed by atoms with Crippen LogP contribution in [-0.2, 0) is 15.7 Å². The third-order valence-electron chi connectivity index (χ3n) is 7.07. The second-order valence-corrected chi connectivity index (χ2v) is 10.5. The summed E-state index contributed by atoms with van der Waals surface area (Å²) in [6.07, 6.45) is 0.595. The molecule has 0 spiro atoms. The maximum Gasteiger partial charge on any atom is 0.113 e. The molecule has 0 saturated carbocycles. The summed E-state index contributed by atoms with van der Waals surface area (Å²) in [6.45, 7) is 3.19. The van der Waals surface area contributed by atoms with E-state index in [4.69, 9.17) is 9.76 Å². The lowest BCUT2D eigenvalue weighted by Crippen LogP contribution is -2.61. The van der Waals surface area contributed by atoms with E-state index < -0.39 is 18.3 Å². The van der Waals surface area contributed by atoms with Gasteiger partial charge in [-0.3, -0.25) is 0 Å². The van der Waals surface area contributed by atoms with Crippen molar-refractivity contribution in [3.8, 4) is 0 Å². The van der Waals surface area contributed by atoms with Crippen LogP contribution in [0.15, 0.2) is 121 Å². The van der Waals surface area contributed by atoms with Crippen molar-refractivity contribution in [2.24, 2.45) is 0 Å². The highest BCUT2D eigenvalue weighted by Gasteiger charge is 2.54. The maximum absolute atomic E-state index is 12.3. The van der Waals surface area contributed by atoms with E-state index >= 15 is 0 Å². The molecular formula is C33H39BNO4-. The number of aliphatic hydroxyl groups excluding tert-OH is 1. The average Bonchev–Trinajstić information content (AvgIpc) is 2.95. The van der Waals surface area contributed by atoms with Gasteiger partial charge in [0, 0.05) is 0 Å². The number of hydrogen-bond donors (Lipinski definition) is 1. The van der Waals surface area contributed by atoms with Crippen LogP contribution in [0.25, 0.3) is 0 Å². The Morgan fingerprint density at radius 1 is 0.641 bits per heavy atom. The molecule has 6 heteroatoms. The summed E-state index contributed by atoms with van der Waals surface area (Å²) in [5.41, 5.74) is 1.28. The molecule has 0 heterocycles. The standard InChI is InChI=1S/C28H25BO3.C5H14NO/c1-2-27(23-15-7-3-8-16-23,24-17-9-4-10-18-24)28(32-29(30)31,25-19-11-5-12-20-25)26-21-13-6-14-22-26;1-6(2,3)4-5-7/h3-22H,2H2,1H3;7H,4-5H2,1-3H3/q-2;+1. The molecule has 0 radical (unpaired) electrons. The molecule has 0 aromatic heterocycles. The van der Waals surface area contributed by atoms with Crippen LogP contribution in [0, 0.1) is 0 Å². The van der Waals surface area contributed by atoms with Gasteiger partial charge in [-0.15, -0.1) is 0 Å². The van der Waals surface area contributed by atoms with Gasteiger partial charge in [0.15, 0.2) is 0 Å². The number of nitrogens with zero attached hydrogens (tertiary/aromatic N) is 1. The molecule has 0 fully saturated rings. The van der Waals surface area contributed by atoms with E-state index in [2.05, 4.69) is 28.1 Å². The highest BCUT2D eigenvalue weighted by molar-refractivity contribution is 6.28. The smallest absolute Gasteiger partial charge is 0.113 e. The summed E-state index contributed by atoms with van der Waals surface area (Å²) < 4.78 is 6.91. The van der Waals surface area contributed by atoms with Crippen LogP contribution < -0.4 is 10.0 Å². The van der Waals surface area contributed by atoms with Crippen molar-refractivity contribution < 1.29 is 24.3 Å². The predicted molar refractivity (Wildman–Crippen MR) is 154 cm³/mol. The normalized spacial score (nSPS) is 11.9. The molecule has 39 heavy (non-hydrogen) atoms. The summed E-state index contributed by atoms with van der Waals surface area (Å²) in [7, 11) is 3.68. The molecule has 0 aliphatic rings. The SMILES string of the molecule is CCC(c1ccccc1)(c1ccccc1)C(OB([O-])[O-])(c1ccccc1)c1ccccc1.C[N+](C)(C)CCO. The fourth-order valence-electron chi connectivity index (χ4n) is 5.36. The first-order valence-corrected chi connectivity index (χ1v) is 13.3. The molecule has 0 bridgehead atoms. The molecule has 0 aliphatic heterocycles. The van der Waals surface area contributed by atoms with E-state index in [0.29, 0.717) is 6.42 Å². The molecule has 0 amide bonds. The van der Waals surface area contributed by atoms with E-state index in [0.717, 1.165) is 33.3 Å². The zero-order valence-corrected chi connectivity index (χ0v) is 23.4. The van der Waals surface area contributed by atoms with E-state index in [-0.39, 0.29) is 6.61 Å². The Hall–Kier alpha value is -3.26. The second-order valence-electron chi connectivity index (χ2n) is 10.5. The minimum atomic E-state index is -2.48. The first-order chi connectivity index (χ1) is 18.7. The van der Waals surface area contributed by atoms with Crippen LogP contribution in [0.4, 0.5) is 0 Å². The minimum Gasteiger partial charge on any atom is -0.871 e. The molecule has 0 saturated heterocycles. The average molecular weight is 524 g/mol. The Morgan fingerprint density at radius 3 is 1.21 bits per heavy atom. The largest absolute Gasteiger partial charge is 0.871 e. The molecule has 4 aromatic rings. The minimum absolute atomic E-state index is 0.281. The van der Waals surface area contributed by atoms with Gasteiger partial charge >= 0.3 is 0 Å². The highest BCUT2D eigenvalue weighted by Crippen LogP contribution is 2.55. The van der Waals surface area contributed by atoms with Crippen molar-refractivity contribution in [3.05, 3.63) is 144 Å². The first-order valence-electron chi connectivity index (χ1n) is 13.3. The monoisotopic (exact) mass is 524 g/mol. The van der Waals surface area contributed by atoms with Gasteiger partial charge in [-0.1, -0.05) is 128 Å². The zero-order chi connectivity index (χ0) is 28.4. The van der Waals surface area contributed by atoms with Gasteiger partial charge in [0.05, 0.1) is 40.5 Å². The summed E-state index contributed by atoms with van der Waals surface area (Å²) in [6, 6.07) is 39.3. The van der Waals surface area contributed by atoms with Crippen molar-refractivity contribution in [3.63, 3.8) is 0 Å². The Balaban J connectivity index is 0.000000532. The van der Waals surface area contributed by atoms with Crippen LogP contribution >= 0.6 is 0 Å². The fraction of sp³-hybridized carbons (Fsp3) is 0.273. The second kappa shape index (κ2) is 13.7. The maximum atomic E-state index is 12.3. The number of rotatable bonds is 10. The van der Waals surface area contributed by atoms with Crippen LogP contribution in [0.2, 0.25) is 0 Å². The zero-order valence-electron chi connectivity index (χ0n) is 23.4. The third kappa shape index (κ3) is 6.85. The molecule has 4 aromatic carbocycles. The topological polar surface area (TPSA) is 75.6 Å². The Bertz CT molecular complexity index is 1150. The van der Waals surface area contributed by atoms with Crippen molar-refractivity contribution in [1.29, 1.82) is 0 Å². The number of aliphatic hydroxyl groups is 1. The molecule has 0 atom stereocenters. The summed E-state index contributed by atoms with van der Waals surface area (Å²) in [5.74, 6) is 0. The van der Waals surface area contributed by atoms with Gasteiger partial charge in [-0.25, -0.2) is 0 Å². The van der Waals surface area contributed by atoms with Crippen molar-refractivity contribution >= 4 is 7.32 Å². The van der Waals surface area contributed by atoms with Gasteiger partial charge in [-0.2, -0.15) is 0 Å². The van der Waals surface area contributed by atoms with E-state index in [9.17, 15) is 10.0 Å². The van der Waals surface area contributed by atoms with Gasteiger partial charge in [0.2, 0.25) is 0 Å². The van der Waals surface area contributed by atoms with Crippen LogP contribution in [0.5, 0.6) is 0 Å². The number of quaternary nitrogens is 1. The van der Waals surface area contributed by atoms with Crippen molar-refractivity contribution in [2.75, 3.05) is 34.3 Å². The molecule has 204 valence electrons. The molecule has 1 N–H and O–H groups in total. The quantitative estimate of drug-likeness (QED) is 0.254. The first kappa shape index (κ1) is 30.3.